The lowest BCUT2D eigenvalue weighted by atomic mass is 10.2. The standard InChI is InChI=1S/C12H12ClN3/c13-11-6-3-7-12(16-11)15-8-9-4-1-2-5-10(9)14/h1-7H,8,14H2,(H,15,16). The molecule has 0 fully saturated rings. The summed E-state index contributed by atoms with van der Waals surface area (Å²) < 4.78 is 0. The molecule has 1 aromatic carbocycles. The molecule has 0 amide bonds. The molecule has 0 aliphatic rings. The highest BCUT2D eigenvalue weighted by Crippen LogP contribution is 2.14. The lowest BCUT2D eigenvalue weighted by molar-refractivity contribution is 1.11. The molecule has 4 heteroatoms. The number of benzene rings is 1. The zero-order chi connectivity index (χ0) is 11.4. The maximum Gasteiger partial charge on any atom is 0.131 e. The Hall–Kier alpha value is -1.74. The molecule has 0 saturated heterocycles. The zero-order valence-corrected chi connectivity index (χ0v) is 9.41. The number of hydrogen-bond donors (Lipinski definition) is 2. The molecule has 0 saturated carbocycles. The van der Waals surface area contributed by atoms with Gasteiger partial charge in [-0.2, -0.15) is 0 Å². The number of halogens is 1. The van der Waals surface area contributed by atoms with Gasteiger partial charge in [-0.1, -0.05) is 35.9 Å². The van der Waals surface area contributed by atoms with Crippen molar-refractivity contribution in [1.82, 2.24) is 4.98 Å². The molecule has 3 N–H and O–H groups in total. The van der Waals surface area contributed by atoms with Crippen molar-refractivity contribution in [3.63, 3.8) is 0 Å². The summed E-state index contributed by atoms with van der Waals surface area (Å²) in [6.45, 7) is 0.639. The van der Waals surface area contributed by atoms with Crippen LogP contribution in [0.5, 0.6) is 0 Å². The van der Waals surface area contributed by atoms with E-state index in [1.54, 1.807) is 6.07 Å². The first-order valence-corrected chi connectivity index (χ1v) is 5.33. The minimum absolute atomic E-state index is 0.478. The lowest BCUT2D eigenvalue weighted by Gasteiger charge is -2.07. The van der Waals surface area contributed by atoms with E-state index in [0.717, 1.165) is 17.1 Å². The number of anilines is 2. The van der Waals surface area contributed by atoms with Crippen molar-refractivity contribution in [2.75, 3.05) is 11.1 Å². The van der Waals surface area contributed by atoms with Gasteiger partial charge >= 0.3 is 0 Å². The molecular weight excluding hydrogens is 222 g/mol. The van der Waals surface area contributed by atoms with Crippen LogP contribution in [0.25, 0.3) is 0 Å². The Bertz CT molecular complexity index is 485. The van der Waals surface area contributed by atoms with Gasteiger partial charge in [0, 0.05) is 12.2 Å². The summed E-state index contributed by atoms with van der Waals surface area (Å²) in [4.78, 5) is 4.13. The smallest absolute Gasteiger partial charge is 0.131 e. The predicted octanol–water partition coefficient (Wildman–Crippen LogP) is 2.93. The number of para-hydroxylation sites is 1. The number of nitrogens with two attached hydrogens (primary N) is 1. The normalized spacial score (nSPS) is 10.1. The van der Waals surface area contributed by atoms with E-state index in [2.05, 4.69) is 10.3 Å². The number of pyridine rings is 1. The largest absolute Gasteiger partial charge is 0.398 e. The van der Waals surface area contributed by atoms with Crippen LogP contribution in [-0.4, -0.2) is 4.98 Å². The van der Waals surface area contributed by atoms with E-state index < -0.39 is 0 Å². The summed E-state index contributed by atoms with van der Waals surface area (Å²) in [6, 6.07) is 13.2. The molecule has 1 heterocycles. The quantitative estimate of drug-likeness (QED) is 0.633. The van der Waals surface area contributed by atoms with Gasteiger partial charge in [-0.15, -0.1) is 0 Å². The van der Waals surface area contributed by atoms with Gasteiger partial charge in [0.25, 0.3) is 0 Å². The van der Waals surface area contributed by atoms with E-state index in [0.29, 0.717) is 11.7 Å². The first-order chi connectivity index (χ1) is 7.75. The van der Waals surface area contributed by atoms with E-state index >= 15 is 0 Å². The van der Waals surface area contributed by atoms with Gasteiger partial charge in [0.15, 0.2) is 0 Å². The first kappa shape index (κ1) is 10.8. The average molecular weight is 234 g/mol. The molecule has 0 unspecified atom stereocenters. The Labute approximate surface area is 99.3 Å². The molecule has 0 aliphatic carbocycles. The van der Waals surface area contributed by atoms with Crippen molar-refractivity contribution in [2.45, 2.75) is 6.54 Å². The van der Waals surface area contributed by atoms with Crippen molar-refractivity contribution in [1.29, 1.82) is 0 Å². The Morgan fingerprint density at radius 1 is 1.12 bits per heavy atom. The molecule has 0 radical (unpaired) electrons. The van der Waals surface area contributed by atoms with E-state index in [1.807, 2.05) is 36.4 Å². The van der Waals surface area contributed by atoms with Crippen molar-refractivity contribution in [2.24, 2.45) is 0 Å². The fourth-order valence-corrected chi connectivity index (χ4v) is 1.55. The van der Waals surface area contributed by atoms with Crippen LogP contribution in [0.1, 0.15) is 5.56 Å². The second kappa shape index (κ2) is 4.86. The van der Waals surface area contributed by atoms with Crippen molar-refractivity contribution >= 4 is 23.1 Å². The highest BCUT2D eigenvalue weighted by atomic mass is 35.5. The number of nitrogen functional groups attached to an aromatic ring is 1. The van der Waals surface area contributed by atoms with Crippen LogP contribution in [0.15, 0.2) is 42.5 Å². The molecule has 82 valence electrons. The van der Waals surface area contributed by atoms with Gasteiger partial charge in [0.1, 0.15) is 11.0 Å². The highest BCUT2D eigenvalue weighted by molar-refractivity contribution is 6.29. The lowest BCUT2D eigenvalue weighted by Crippen LogP contribution is -2.03. The topological polar surface area (TPSA) is 50.9 Å². The van der Waals surface area contributed by atoms with Crippen LogP contribution >= 0.6 is 11.6 Å². The molecule has 0 spiro atoms. The summed E-state index contributed by atoms with van der Waals surface area (Å²) in [7, 11) is 0. The molecule has 16 heavy (non-hydrogen) atoms. The maximum absolute atomic E-state index is 5.83. The number of rotatable bonds is 3. The maximum atomic E-state index is 5.83. The third kappa shape index (κ3) is 2.64. The Morgan fingerprint density at radius 2 is 1.94 bits per heavy atom. The number of hydrogen-bond acceptors (Lipinski definition) is 3. The molecule has 3 nitrogen and oxygen atoms in total. The fraction of sp³-hybridized carbons (Fsp3) is 0.0833. The molecule has 2 aromatic rings. The van der Waals surface area contributed by atoms with E-state index in [9.17, 15) is 0 Å². The summed E-state index contributed by atoms with van der Waals surface area (Å²) in [5.41, 5.74) is 7.65. The van der Waals surface area contributed by atoms with Gasteiger partial charge in [-0.3, -0.25) is 0 Å². The van der Waals surface area contributed by atoms with E-state index in [4.69, 9.17) is 17.3 Å². The summed E-state index contributed by atoms with van der Waals surface area (Å²) in [6.07, 6.45) is 0. The van der Waals surface area contributed by atoms with Crippen LogP contribution in [-0.2, 0) is 6.54 Å². The van der Waals surface area contributed by atoms with Gasteiger partial charge in [-0.25, -0.2) is 4.98 Å². The number of aromatic nitrogens is 1. The first-order valence-electron chi connectivity index (χ1n) is 4.95. The molecule has 2 rings (SSSR count). The second-order valence-corrected chi connectivity index (χ2v) is 3.79. The van der Waals surface area contributed by atoms with Gasteiger partial charge in [0.2, 0.25) is 0 Å². The summed E-state index contributed by atoms with van der Waals surface area (Å²) in [5.74, 6) is 0.746. The molecule has 1 aromatic heterocycles. The second-order valence-electron chi connectivity index (χ2n) is 3.40. The van der Waals surface area contributed by atoms with Gasteiger partial charge in [-0.05, 0) is 23.8 Å². The van der Waals surface area contributed by atoms with Gasteiger partial charge in [0.05, 0.1) is 0 Å². The van der Waals surface area contributed by atoms with Crippen LogP contribution in [0.4, 0.5) is 11.5 Å². The Kier molecular flexibility index (Phi) is 3.27. The van der Waals surface area contributed by atoms with Crippen LogP contribution in [0, 0.1) is 0 Å². The SMILES string of the molecule is Nc1ccccc1CNc1cccc(Cl)n1. The minimum atomic E-state index is 0.478. The van der Waals surface area contributed by atoms with Gasteiger partial charge < -0.3 is 11.1 Å². The number of nitrogens with zero attached hydrogens (tertiary/aromatic N) is 1. The molecule has 0 aliphatic heterocycles. The van der Waals surface area contributed by atoms with E-state index in [1.165, 1.54) is 0 Å². The van der Waals surface area contributed by atoms with Crippen molar-refractivity contribution in [3.8, 4) is 0 Å². The third-order valence-corrected chi connectivity index (χ3v) is 2.44. The van der Waals surface area contributed by atoms with E-state index in [-0.39, 0.29) is 0 Å². The molecule has 0 atom stereocenters. The van der Waals surface area contributed by atoms with Crippen molar-refractivity contribution < 1.29 is 0 Å². The van der Waals surface area contributed by atoms with Crippen LogP contribution in [0.3, 0.4) is 0 Å². The zero-order valence-electron chi connectivity index (χ0n) is 8.65. The van der Waals surface area contributed by atoms with Crippen molar-refractivity contribution in [3.05, 3.63) is 53.2 Å². The number of nitrogens with one attached hydrogen (secondary N) is 1. The monoisotopic (exact) mass is 233 g/mol. The minimum Gasteiger partial charge on any atom is -0.398 e. The average Bonchev–Trinajstić information content (AvgIpc) is 2.28. The predicted molar refractivity (Wildman–Crippen MR) is 67.4 cm³/mol. The fourth-order valence-electron chi connectivity index (χ4n) is 1.39. The Morgan fingerprint density at radius 3 is 2.69 bits per heavy atom. The third-order valence-electron chi connectivity index (χ3n) is 2.23. The summed E-state index contributed by atoms with van der Waals surface area (Å²) in [5, 5.41) is 3.64. The molecular formula is C12H12ClN3. The summed E-state index contributed by atoms with van der Waals surface area (Å²) >= 11 is 5.78. The van der Waals surface area contributed by atoms with Crippen LogP contribution < -0.4 is 11.1 Å². The molecule has 0 bridgehead atoms. The highest BCUT2D eigenvalue weighted by Gasteiger charge is 1.98. The van der Waals surface area contributed by atoms with Crippen LogP contribution in [0.2, 0.25) is 5.15 Å². The Balaban J connectivity index is 2.05.